The number of rotatable bonds is 2. The Balaban J connectivity index is 2.42. The normalized spacial score (nSPS) is 10.4. The van der Waals surface area contributed by atoms with Crippen LogP contribution in [0.2, 0.25) is 0 Å². The van der Waals surface area contributed by atoms with Gasteiger partial charge in [0.1, 0.15) is 0 Å². The zero-order valence-corrected chi connectivity index (χ0v) is 9.10. The summed E-state index contributed by atoms with van der Waals surface area (Å²) in [6.45, 7) is 3.87. The first-order chi connectivity index (χ1) is 7.58. The molecule has 0 fully saturated rings. The van der Waals surface area contributed by atoms with Gasteiger partial charge in [-0.2, -0.15) is 5.10 Å². The van der Waals surface area contributed by atoms with Gasteiger partial charge in [0.2, 0.25) is 0 Å². The number of aromatic nitrogens is 2. The summed E-state index contributed by atoms with van der Waals surface area (Å²) >= 11 is 0. The van der Waals surface area contributed by atoms with Gasteiger partial charge in [-0.15, -0.1) is 0 Å². The summed E-state index contributed by atoms with van der Waals surface area (Å²) in [6, 6.07) is 8.42. The predicted octanol–water partition coefficient (Wildman–Crippen LogP) is 0.853. The van der Waals surface area contributed by atoms with E-state index in [2.05, 4.69) is 5.10 Å². The van der Waals surface area contributed by atoms with Crippen LogP contribution in [-0.2, 0) is 0 Å². The molecule has 0 bridgehead atoms. The Bertz CT molecular complexity index is 526. The van der Waals surface area contributed by atoms with Gasteiger partial charge in [-0.25, -0.2) is 4.68 Å². The van der Waals surface area contributed by atoms with E-state index in [4.69, 9.17) is 0 Å². The molecular formula is C12H11N2O2-. The molecule has 0 aliphatic carbocycles. The second-order valence-electron chi connectivity index (χ2n) is 3.67. The van der Waals surface area contributed by atoms with E-state index in [0.29, 0.717) is 0 Å². The average molecular weight is 215 g/mol. The zero-order valence-electron chi connectivity index (χ0n) is 9.10. The predicted molar refractivity (Wildman–Crippen MR) is 57.4 cm³/mol. The molecule has 2 rings (SSSR count). The number of aromatic carboxylic acids is 1. The summed E-state index contributed by atoms with van der Waals surface area (Å²) in [6.07, 6.45) is 0. The van der Waals surface area contributed by atoms with Gasteiger partial charge in [-0.3, -0.25) is 0 Å². The van der Waals surface area contributed by atoms with Crippen LogP contribution in [0.1, 0.15) is 21.7 Å². The molecule has 1 aromatic heterocycles. The van der Waals surface area contributed by atoms with Crippen molar-refractivity contribution < 1.29 is 9.90 Å². The number of carbonyl (C=O) groups excluding carboxylic acids is 1. The highest BCUT2D eigenvalue weighted by Crippen LogP contribution is 2.12. The molecule has 0 amide bonds. The van der Waals surface area contributed by atoms with Gasteiger partial charge in [0.15, 0.2) is 0 Å². The fraction of sp³-hybridized carbons (Fsp3) is 0.167. The second-order valence-corrected chi connectivity index (χ2v) is 3.67. The lowest BCUT2D eigenvalue weighted by Crippen LogP contribution is -2.22. The topological polar surface area (TPSA) is 58.0 Å². The summed E-state index contributed by atoms with van der Waals surface area (Å²) in [7, 11) is 0. The molecule has 0 atom stereocenters. The van der Waals surface area contributed by atoms with Gasteiger partial charge >= 0.3 is 0 Å². The molecule has 1 heterocycles. The van der Waals surface area contributed by atoms with Crippen molar-refractivity contribution in [3.8, 4) is 5.69 Å². The van der Waals surface area contributed by atoms with Gasteiger partial charge in [0, 0.05) is 5.69 Å². The summed E-state index contributed by atoms with van der Waals surface area (Å²) < 4.78 is 1.77. The third kappa shape index (κ3) is 1.82. The minimum absolute atomic E-state index is 0.172. The quantitative estimate of drug-likeness (QED) is 0.746. The molecular weight excluding hydrogens is 204 g/mol. The molecule has 1 aromatic carbocycles. The van der Waals surface area contributed by atoms with Gasteiger partial charge in [0.25, 0.3) is 0 Å². The lowest BCUT2D eigenvalue weighted by Gasteiger charge is -2.06. The molecule has 0 radical (unpaired) electrons. The standard InChI is InChI=1S/C12H12N2O2/c1-8-7-9(2)14(13-8)11-5-3-10(4-6-11)12(15)16/h3-7H,1-2H3,(H,15,16)/p-1. The summed E-state index contributed by atoms with van der Waals surface area (Å²) in [5.74, 6) is -1.17. The molecule has 4 heteroatoms. The van der Waals surface area contributed by atoms with Crippen molar-refractivity contribution in [1.82, 2.24) is 9.78 Å². The fourth-order valence-electron chi connectivity index (χ4n) is 1.63. The Labute approximate surface area is 93.1 Å². The van der Waals surface area contributed by atoms with Gasteiger partial charge in [-0.05, 0) is 37.6 Å². The van der Waals surface area contributed by atoms with Crippen molar-refractivity contribution in [3.63, 3.8) is 0 Å². The highest BCUT2D eigenvalue weighted by atomic mass is 16.4. The molecule has 0 aliphatic heterocycles. The van der Waals surface area contributed by atoms with E-state index in [-0.39, 0.29) is 5.56 Å². The van der Waals surface area contributed by atoms with Crippen molar-refractivity contribution in [3.05, 3.63) is 47.3 Å². The average Bonchev–Trinajstić information content (AvgIpc) is 2.58. The fourth-order valence-corrected chi connectivity index (χ4v) is 1.63. The Morgan fingerprint density at radius 1 is 1.25 bits per heavy atom. The maximum atomic E-state index is 10.6. The van der Waals surface area contributed by atoms with Crippen molar-refractivity contribution in [1.29, 1.82) is 0 Å². The highest BCUT2D eigenvalue weighted by molar-refractivity contribution is 5.85. The van der Waals surface area contributed by atoms with E-state index in [9.17, 15) is 9.90 Å². The molecule has 0 aliphatic rings. The van der Waals surface area contributed by atoms with Gasteiger partial charge < -0.3 is 9.90 Å². The van der Waals surface area contributed by atoms with Crippen LogP contribution in [0.3, 0.4) is 0 Å². The SMILES string of the molecule is Cc1cc(C)n(-c2ccc(C(=O)[O-])cc2)n1. The van der Waals surface area contributed by atoms with Crippen molar-refractivity contribution in [2.45, 2.75) is 13.8 Å². The lowest BCUT2D eigenvalue weighted by molar-refractivity contribution is -0.255. The van der Waals surface area contributed by atoms with Crippen LogP contribution in [0.15, 0.2) is 30.3 Å². The van der Waals surface area contributed by atoms with Crippen LogP contribution < -0.4 is 5.11 Å². The van der Waals surface area contributed by atoms with Crippen LogP contribution in [0, 0.1) is 13.8 Å². The van der Waals surface area contributed by atoms with Crippen molar-refractivity contribution >= 4 is 5.97 Å². The number of aryl methyl sites for hydroxylation is 2. The van der Waals surface area contributed by atoms with E-state index in [0.717, 1.165) is 17.1 Å². The smallest absolute Gasteiger partial charge is 0.0715 e. The van der Waals surface area contributed by atoms with E-state index >= 15 is 0 Å². The van der Waals surface area contributed by atoms with Crippen molar-refractivity contribution in [2.24, 2.45) is 0 Å². The largest absolute Gasteiger partial charge is 0.545 e. The minimum atomic E-state index is -1.17. The molecule has 0 saturated heterocycles. The summed E-state index contributed by atoms with van der Waals surface area (Å²) in [5, 5.41) is 14.9. The maximum absolute atomic E-state index is 10.6. The van der Waals surface area contributed by atoms with Crippen molar-refractivity contribution in [2.75, 3.05) is 0 Å². The molecule has 0 N–H and O–H groups in total. The molecule has 0 saturated carbocycles. The lowest BCUT2D eigenvalue weighted by atomic mass is 10.2. The number of hydrogen-bond acceptors (Lipinski definition) is 3. The van der Waals surface area contributed by atoms with Gasteiger partial charge in [-0.1, -0.05) is 12.1 Å². The van der Waals surface area contributed by atoms with E-state index in [1.54, 1.807) is 16.8 Å². The number of carbonyl (C=O) groups is 1. The summed E-state index contributed by atoms with van der Waals surface area (Å²) in [5.41, 5.74) is 2.96. The Kier molecular flexibility index (Phi) is 2.48. The number of benzene rings is 1. The molecule has 16 heavy (non-hydrogen) atoms. The van der Waals surface area contributed by atoms with Crippen LogP contribution in [0.4, 0.5) is 0 Å². The molecule has 4 nitrogen and oxygen atoms in total. The third-order valence-electron chi connectivity index (χ3n) is 2.36. The Morgan fingerprint density at radius 3 is 2.31 bits per heavy atom. The highest BCUT2D eigenvalue weighted by Gasteiger charge is 2.03. The third-order valence-corrected chi connectivity index (χ3v) is 2.36. The molecule has 0 unspecified atom stereocenters. The maximum Gasteiger partial charge on any atom is 0.0715 e. The Hall–Kier alpha value is -2.10. The van der Waals surface area contributed by atoms with Crippen LogP contribution in [-0.4, -0.2) is 15.7 Å². The van der Waals surface area contributed by atoms with Crippen LogP contribution in [0.25, 0.3) is 5.69 Å². The second kappa shape index (κ2) is 3.81. The molecule has 2 aromatic rings. The van der Waals surface area contributed by atoms with Gasteiger partial charge in [0.05, 0.1) is 17.4 Å². The monoisotopic (exact) mass is 215 g/mol. The van der Waals surface area contributed by atoms with E-state index in [1.165, 1.54) is 12.1 Å². The first kappa shape index (κ1) is 10.4. The molecule has 82 valence electrons. The number of carboxylic acids is 1. The summed E-state index contributed by atoms with van der Waals surface area (Å²) in [4.78, 5) is 10.6. The number of nitrogens with zero attached hydrogens (tertiary/aromatic N) is 2. The molecule has 0 spiro atoms. The van der Waals surface area contributed by atoms with Crippen LogP contribution in [0.5, 0.6) is 0 Å². The van der Waals surface area contributed by atoms with E-state index in [1.807, 2.05) is 19.9 Å². The Morgan fingerprint density at radius 2 is 1.88 bits per heavy atom. The zero-order chi connectivity index (χ0) is 11.7. The minimum Gasteiger partial charge on any atom is -0.545 e. The first-order valence-corrected chi connectivity index (χ1v) is 4.93. The van der Waals surface area contributed by atoms with Crippen LogP contribution >= 0.6 is 0 Å². The first-order valence-electron chi connectivity index (χ1n) is 4.93. The number of carboxylic acid groups (broad SMARTS) is 1. The number of hydrogen-bond donors (Lipinski definition) is 0. The van der Waals surface area contributed by atoms with E-state index < -0.39 is 5.97 Å².